The number of rotatable bonds is 5. The summed E-state index contributed by atoms with van der Waals surface area (Å²) in [6.07, 6.45) is 6.82. The van der Waals surface area contributed by atoms with Crippen LogP contribution < -0.4 is 10.6 Å². The summed E-state index contributed by atoms with van der Waals surface area (Å²) in [7, 11) is 0. The molecule has 0 aromatic heterocycles. The summed E-state index contributed by atoms with van der Waals surface area (Å²) in [4.78, 5) is 12.7. The molecule has 0 radical (unpaired) electrons. The molecule has 21 heavy (non-hydrogen) atoms. The number of carbonyl (C=O) groups is 1. The highest BCUT2D eigenvalue weighted by molar-refractivity contribution is 5.89. The van der Waals surface area contributed by atoms with Crippen molar-refractivity contribution < 1.29 is 4.79 Å². The molecule has 0 spiro atoms. The first kappa shape index (κ1) is 14.6. The van der Waals surface area contributed by atoms with E-state index in [0.717, 1.165) is 51.2 Å². The Labute approximate surface area is 127 Å². The smallest absolute Gasteiger partial charge is 0.230 e. The van der Waals surface area contributed by atoms with Gasteiger partial charge in [-0.25, -0.2) is 0 Å². The second kappa shape index (κ2) is 6.61. The molecule has 1 atom stereocenters. The Morgan fingerprint density at radius 3 is 2.67 bits per heavy atom. The van der Waals surface area contributed by atoms with Gasteiger partial charge in [-0.15, -0.1) is 0 Å². The molecule has 1 aliphatic heterocycles. The summed E-state index contributed by atoms with van der Waals surface area (Å²) in [5, 5.41) is 6.64. The molecule has 2 N–H and O–H groups in total. The number of piperidine rings is 1. The molecule has 1 aliphatic carbocycles. The molecule has 1 aromatic rings. The average Bonchev–Trinajstić information content (AvgIpc) is 2.48. The standard InChI is InChI=1S/C18H26N2O/c21-17(20-13-9-15-6-4-12-19-14-15)18(10-5-11-18)16-7-2-1-3-8-16/h1-3,7-8,15,19H,4-6,9-14H2,(H,20,21). The number of nitrogens with one attached hydrogen (secondary N) is 2. The van der Waals surface area contributed by atoms with Gasteiger partial charge in [0.1, 0.15) is 0 Å². The fraction of sp³-hybridized carbons (Fsp3) is 0.611. The topological polar surface area (TPSA) is 41.1 Å². The van der Waals surface area contributed by atoms with Gasteiger partial charge in [0.2, 0.25) is 5.91 Å². The Morgan fingerprint density at radius 2 is 2.05 bits per heavy atom. The quantitative estimate of drug-likeness (QED) is 0.873. The monoisotopic (exact) mass is 286 g/mol. The van der Waals surface area contributed by atoms with Gasteiger partial charge in [-0.05, 0) is 56.7 Å². The number of amides is 1. The fourth-order valence-electron chi connectivity index (χ4n) is 3.66. The van der Waals surface area contributed by atoms with Gasteiger partial charge >= 0.3 is 0 Å². The van der Waals surface area contributed by atoms with Crippen molar-refractivity contribution in [2.24, 2.45) is 5.92 Å². The molecule has 1 aromatic carbocycles. The Kier molecular flexibility index (Phi) is 4.59. The summed E-state index contributed by atoms with van der Waals surface area (Å²) < 4.78 is 0. The van der Waals surface area contributed by atoms with Crippen LogP contribution in [0.25, 0.3) is 0 Å². The van der Waals surface area contributed by atoms with Crippen molar-refractivity contribution in [1.82, 2.24) is 10.6 Å². The van der Waals surface area contributed by atoms with Gasteiger partial charge in [0.25, 0.3) is 0 Å². The van der Waals surface area contributed by atoms with Crippen molar-refractivity contribution in [1.29, 1.82) is 0 Å². The van der Waals surface area contributed by atoms with Crippen LogP contribution in [-0.2, 0) is 10.2 Å². The van der Waals surface area contributed by atoms with Crippen LogP contribution in [0.1, 0.15) is 44.1 Å². The molecule has 1 unspecified atom stereocenters. The number of benzene rings is 1. The van der Waals surface area contributed by atoms with E-state index in [4.69, 9.17) is 0 Å². The van der Waals surface area contributed by atoms with Crippen molar-refractivity contribution in [3.8, 4) is 0 Å². The molecule has 3 nitrogen and oxygen atoms in total. The molecule has 2 aliphatic rings. The fourth-order valence-corrected chi connectivity index (χ4v) is 3.66. The lowest BCUT2D eigenvalue weighted by Gasteiger charge is -2.40. The van der Waals surface area contributed by atoms with Crippen molar-refractivity contribution in [3.63, 3.8) is 0 Å². The Hall–Kier alpha value is -1.35. The van der Waals surface area contributed by atoms with Crippen molar-refractivity contribution in [2.75, 3.05) is 19.6 Å². The van der Waals surface area contributed by atoms with E-state index in [1.807, 2.05) is 18.2 Å². The summed E-state index contributed by atoms with van der Waals surface area (Å²) in [5.74, 6) is 0.969. The van der Waals surface area contributed by atoms with Gasteiger partial charge in [0.15, 0.2) is 0 Å². The van der Waals surface area contributed by atoms with E-state index < -0.39 is 0 Å². The van der Waals surface area contributed by atoms with E-state index in [2.05, 4.69) is 22.8 Å². The molecule has 3 heteroatoms. The zero-order chi connectivity index (χ0) is 14.5. The van der Waals surface area contributed by atoms with Crippen LogP contribution in [0.2, 0.25) is 0 Å². The summed E-state index contributed by atoms with van der Waals surface area (Å²) in [6.45, 7) is 3.08. The van der Waals surface area contributed by atoms with Crippen molar-refractivity contribution in [2.45, 2.75) is 43.9 Å². The van der Waals surface area contributed by atoms with Crippen LogP contribution in [0.4, 0.5) is 0 Å². The molecule has 1 amide bonds. The van der Waals surface area contributed by atoms with E-state index in [-0.39, 0.29) is 11.3 Å². The number of carbonyl (C=O) groups excluding carboxylic acids is 1. The van der Waals surface area contributed by atoms with Gasteiger partial charge < -0.3 is 10.6 Å². The van der Waals surface area contributed by atoms with Gasteiger partial charge in [0.05, 0.1) is 5.41 Å². The lowest BCUT2D eigenvalue weighted by molar-refractivity contribution is -0.130. The van der Waals surface area contributed by atoms with E-state index in [0.29, 0.717) is 0 Å². The predicted octanol–water partition coefficient (Wildman–Crippen LogP) is 2.61. The Morgan fingerprint density at radius 1 is 1.24 bits per heavy atom. The highest BCUT2D eigenvalue weighted by Gasteiger charge is 2.45. The molecule has 3 rings (SSSR count). The minimum Gasteiger partial charge on any atom is -0.355 e. The average molecular weight is 286 g/mol. The molecular weight excluding hydrogens is 260 g/mol. The maximum Gasteiger partial charge on any atom is 0.230 e. The molecule has 1 heterocycles. The minimum atomic E-state index is -0.244. The van der Waals surface area contributed by atoms with Crippen LogP contribution in [0, 0.1) is 5.92 Å². The number of hydrogen-bond acceptors (Lipinski definition) is 2. The SMILES string of the molecule is O=C(NCCC1CCCNC1)C1(c2ccccc2)CCC1. The maximum atomic E-state index is 12.7. The second-order valence-electron chi connectivity index (χ2n) is 6.56. The zero-order valence-corrected chi connectivity index (χ0v) is 12.7. The van der Waals surface area contributed by atoms with E-state index in [1.54, 1.807) is 0 Å². The van der Waals surface area contributed by atoms with Crippen LogP contribution in [0.15, 0.2) is 30.3 Å². The van der Waals surface area contributed by atoms with Crippen LogP contribution in [-0.4, -0.2) is 25.5 Å². The first-order valence-electron chi connectivity index (χ1n) is 8.36. The van der Waals surface area contributed by atoms with Crippen molar-refractivity contribution in [3.05, 3.63) is 35.9 Å². The van der Waals surface area contributed by atoms with Crippen molar-refractivity contribution >= 4 is 5.91 Å². The highest BCUT2D eigenvalue weighted by atomic mass is 16.2. The molecule has 2 fully saturated rings. The molecule has 114 valence electrons. The van der Waals surface area contributed by atoms with Crippen LogP contribution in [0.3, 0.4) is 0 Å². The van der Waals surface area contributed by atoms with Gasteiger partial charge in [-0.1, -0.05) is 36.8 Å². The minimum absolute atomic E-state index is 0.240. The van der Waals surface area contributed by atoms with Gasteiger partial charge in [-0.2, -0.15) is 0 Å². The van der Waals surface area contributed by atoms with Crippen LogP contribution in [0.5, 0.6) is 0 Å². The Balaban J connectivity index is 1.54. The molecular formula is C18H26N2O. The lowest BCUT2D eigenvalue weighted by atomic mass is 9.64. The molecule has 0 bridgehead atoms. The third-order valence-electron chi connectivity index (χ3n) is 5.21. The largest absolute Gasteiger partial charge is 0.355 e. The third kappa shape index (κ3) is 3.13. The molecule has 1 saturated carbocycles. The summed E-state index contributed by atoms with van der Waals surface area (Å²) in [5.41, 5.74) is 0.944. The van der Waals surface area contributed by atoms with Crippen LogP contribution >= 0.6 is 0 Å². The highest BCUT2D eigenvalue weighted by Crippen LogP contribution is 2.43. The maximum absolute atomic E-state index is 12.7. The molecule has 1 saturated heterocycles. The summed E-state index contributed by atoms with van der Waals surface area (Å²) >= 11 is 0. The normalized spacial score (nSPS) is 24.1. The first-order valence-corrected chi connectivity index (χ1v) is 8.36. The summed E-state index contributed by atoms with van der Waals surface area (Å²) in [6, 6.07) is 10.3. The third-order valence-corrected chi connectivity index (χ3v) is 5.21. The van der Waals surface area contributed by atoms with Gasteiger partial charge in [-0.3, -0.25) is 4.79 Å². The van der Waals surface area contributed by atoms with E-state index in [9.17, 15) is 4.79 Å². The Bertz CT molecular complexity index is 461. The van der Waals surface area contributed by atoms with E-state index >= 15 is 0 Å². The lowest BCUT2D eigenvalue weighted by Crippen LogP contribution is -2.49. The number of hydrogen-bond donors (Lipinski definition) is 2. The van der Waals surface area contributed by atoms with E-state index in [1.165, 1.54) is 18.4 Å². The first-order chi connectivity index (χ1) is 10.3. The second-order valence-corrected chi connectivity index (χ2v) is 6.56. The van der Waals surface area contributed by atoms with Gasteiger partial charge in [0, 0.05) is 6.54 Å². The predicted molar refractivity (Wildman–Crippen MR) is 85.2 cm³/mol. The zero-order valence-electron chi connectivity index (χ0n) is 12.7.